The maximum absolute atomic E-state index is 12.9. The van der Waals surface area contributed by atoms with Gasteiger partial charge in [-0.15, -0.1) is 0 Å². The van der Waals surface area contributed by atoms with E-state index in [1.807, 2.05) is 48.5 Å². The van der Waals surface area contributed by atoms with Crippen LogP contribution in [0.15, 0.2) is 53.4 Å². The van der Waals surface area contributed by atoms with E-state index in [-0.39, 0.29) is 5.91 Å². The molecule has 36 heavy (non-hydrogen) atoms. The highest BCUT2D eigenvalue weighted by Gasteiger charge is 2.21. The molecule has 0 saturated carbocycles. The topological polar surface area (TPSA) is 50.4 Å². The van der Waals surface area contributed by atoms with Crippen molar-refractivity contribution in [2.24, 2.45) is 0 Å². The Morgan fingerprint density at radius 3 is 2.22 bits per heavy atom. The van der Waals surface area contributed by atoms with Gasteiger partial charge in [-0.05, 0) is 75.0 Å². The third kappa shape index (κ3) is 10.5. The van der Waals surface area contributed by atoms with Crippen LogP contribution >= 0.6 is 11.9 Å². The Morgan fingerprint density at radius 2 is 1.53 bits per heavy atom. The average Bonchev–Trinajstić information content (AvgIpc) is 2.91. The van der Waals surface area contributed by atoms with Gasteiger partial charge in [-0.2, -0.15) is 0 Å². The summed E-state index contributed by atoms with van der Waals surface area (Å²) in [7, 11) is 0. The van der Waals surface area contributed by atoms with Crippen molar-refractivity contribution in [2.45, 2.75) is 77.5 Å². The van der Waals surface area contributed by atoms with Gasteiger partial charge in [-0.25, -0.2) is 0 Å². The third-order valence-corrected chi connectivity index (χ3v) is 7.81. The summed E-state index contributed by atoms with van der Waals surface area (Å²) in [4.78, 5) is 14.1. The summed E-state index contributed by atoms with van der Waals surface area (Å²) in [6, 6.07) is 15.5. The number of amides is 1. The molecule has 0 radical (unpaired) electrons. The van der Waals surface area contributed by atoms with Crippen LogP contribution in [0.25, 0.3) is 0 Å². The fourth-order valence-electron chi connectivity index (χ4n) is 4.35. The number of nitrogens with zero attached hydrogens (tertiary/aromatic N) is 1. The van der Waals surface area contributed by atoms with E-state index < -0.39 is 0 Å². The fraction of sp³-hybridized carbons (Fsp3) is 0.567. The first-order valence-corrected chi connectivity index (χ1v) is 14.8. The summed E-state index contributed by atoms with van der Waals surface area (Å²) in [5, 5.41) is 3.01. The number of likely N-dealkylation sites (N-methyl/N-ethyl adjacent to an activating group) is 1. The van der Waals surface area contributed by atoms with Gasteiger partial charge in [0.2, 0.25) is 0 Å². The van der Waals surface area contributed by atoms with Gasteiger partial charge >= 0.3 is 0 Å². The zero-order chi connectivity index (χ0) is 26.1. The monoisotopic (exact) mass is 514 g/mol. The van der Waals surface area contributed by atoms with Crippen LogP contribution in [0.3, 0.4) is 0 Å². The van der Waals surface area contributed by atoms with Crippen LogP contribution in [0.5, 0.6) is 5.75 Å². The number of nitrogens with one attached hydrogen (secondary N) is 2. The van der Waals surface area contributed by atoms with Gasteiger partial charge in [0.15, 0.2) is 0 Å². The lowest BCUT2D eigenvalue weighted by molar-refractivity contribution is -0.923. The number of quaternary nitrogens is 1. The largest absolute Gasteiger partial charge is 0.493 e. The van der Waals surface area contributed by atoms with E-state index in [1.165, 1.54) is 56.2 Å². The summed E-state index contributed by atoms with van der Waals surface area (Å²) in [5.74, 6) is 0.505. The minimum atomic E-state index is -0.143. The normalized spacial score (nSPS) is 11.4. The molecule has 0 aliphatic carbocycles. The van der Waals surface area contributed by atoms with Crippen molar-refractivity contribution in [1.29, 1.82) is 0 Å². The van der Waals surface area contributed by atoms with Crippen molar-refractivity contribution in [3.8, 4) is 5.75 Å². The van der Waals surface area contributed by atoms with E-state index in [0.29, 0.717) is 17.9 Å². The molecule has 0 spiro atoms. The van der Waals surface area contributed by atoms with Crippen LogP contribution in [0.4, 0.5) is 5.69 Å². The summed E-state index contributed by atoms with van der Waals surface area (Å²) in [5.41, 5.74) is 1.36. The molecular weight excluding hydrogens is 466 g/mol. The highest BCUT2D eigenvalue weighted by atomic mass is 32.2. The molecule has 2 rings (SSSR count). The van der Waals surface area contributed by atoms with Gasteiger partial charge in [-0.3, -0.25) is 9.52 Å². The first kappa shape index (κ1) is 30.2. The lowest BCUT2D eigenvalue weighted by Gasteiger charge is -2.37. The molecule has 0 bridgehead atoms. The van der Waals surface area contributed by atoms with E-state index >= 15 is 0 Å². The molecule has 2 aromatic rings. The fourth-order valence-corrected chi connectivity index (χ4v) is 4.98. The van der Waals surface area contributed by atoms with Gasteiger partial charge < -0.3 is 14.5 Å². The maximum Gasteiger partial charge on any atom is 0.259 e. The molecular formula is C30H48N3O2S+. The quantitative estimate of drug-likeness (QED) is 0.115. The summed E-state index contributed by atoms with van der Waals surface area (Å²) in [6.07, 6.45) is 8.46. The SMILES string of the molecule is CCCCCCCOc1ccccc1C(=O)Nc1ccc(SNCC[N+](CC)(CC)CCCC)cc1. The molecule has 5 nitrogen and oxygen atoms in total. The molecule has 0 fully saturated rings. The molecule has 0 saturated heterocycles. The smallest absolute Gasteiger partial charge is 0.259 e. The van der Waals surface area contributed by atoms with Crippen molar-refractivity contribution in [3.63, 3.8) is 0 Å². The minimum absolute atomic E-state index is 0.143. The number of ether oxygens (including phenoxy) is 1. The van der Waals surface area contributed by atoms with Crippen LogP contribution in [0.2, 0.25) is 0 Å². The Hall–Kier alpha value is -2.02. The second kappa shape index (κ2) is 17.4. The number of unbranched alkanes of at least 4 members (excludes halogenated alkanes) is 5. The van der Waals surface area contributed by atoms with Crippen molar-refractivity contribution in [2.75, 3.05) is 44.6 Å². The third-order valence-electron chi connectivity index (χ3n) is 6.96. The molecule has 0 aliphatic heterocycles. The van der Waals surface area contributed by atoms with Gasteiger partial charge in [-0.1, -0.05) is 58.1 Å². The number of benzene rings is 2. The lowest BCUT2D eigenvalue weighted by Crippen LogP contribution is -2.51. The Bertz CT molecular complexity index is 869. The van der Waals surface area contributed by atoms with E-state index in [9.17, 15) is 4.79 Å². The summed E-state index contributed by atoms with van der Waals surface area (Å²) in [6.45, 7) is 15.5. The highest BCUT2D eigenvalue weighted by molar-refractivity contribution is 7.97. The molecule has 2 N–H and O–H groups in total. The molecule has 6 heteroatoms. The molecule has 0 atom stereocenters. The molecule has 1 amide bonds. The standard InChI is InChI=1S/C30H47N3O2S/c1-5-9-11-12-15-25-35-29-17-14-13-16-28(29)30(34)32-26-18-20-27(21-19-26)36-31-22-24-33(7-3,8-4)23-10-6-2/h13-14,16-21,31H,5-12,15,22-25H2,1-4H3/p+1. The Balaban J connectivity index is 1.82. The minimum Gasteiger partial charge on any atom is -0.493 e. The number of carbonyl (C=O) groups excluding carboxylic acids is 1. The predicted octanol–water partition coefficient (Wildman–Crippen LogP) is 7.54. The van der Waals surface area contributed by atoms with Crippen molar-refractivity contribution < 1.29 is 14.0 Å². The molecule has 0 unspecified atom stereocenters. The summed E-state index contributed by atoms with van der Waals surface area (Å²) < 4.78 is 10.6. The van der Waals surface area contributed by atoms with Crippen LogP contribution in [-0.2, 0) is 0 Å². The van der Waals surface area contributed by atoms with E-state index in [1.54, 1.807) is 11.9 Å². The van der Waals surface area contributed by atoms with Crippen LogP contribution in [-0.4, -0.2) is 49.7 Å². The Labute approximate surface area is 224 Å². The Morgan fingerprint density at radius 1 is 0.833 bits per heavy atom. The average molecular weight is 515 g/mol. The first-order chi connectivity index (χ1) is 17.6. The zero-order valence-corrected chi connectivity index (χ0v) is 23.8. The molecule has 0 aromatic heterocycles. The maximum atomic E-state index is 12.9. The molecule has 0 aliphatic rings. The van der Waals surface area contributed by atoms with Crippen molar-refractivity contribution >= 4 is 23.5 Å². The van der Waals surface area contributed by atoms with Crippen LogP contribution in [0.1, 0.15) is 83.0 Å². The second-order valence-electron chi connectivity index (χ2n) is 9.51. The highest BCUT2D eigenvalue weighted by Crippen LogP contribution is 2.22. The van der Waals surface area contributed by atoms with E-state index in [2.05, 4.69) is 37.7 Å². The predicted molar refractivity (Wildman–Crippen MR) is 155 cm³/mol. The van der Waals surface area contributed by atoms with Gasteiger partial charge in [0.25, 0.3) is 5.91 Å². The van der Waals surface area contributed by atoms with Gasteiger partial charge in [0.1, 0.15) is 5.75 Å². The number of rotatable bonds is 19. The second-order valence-corrected chi connectivity index (χ2v) is 10.5. The number of hydrogen-bond donors (Lipinski definition) is 2. The molecule has 200 valence electrons. The van der Waals surface area contributed by atoms with E-state index in [0.717, 1.165) is 36.5 Å². The van der Waals surface area contributed by atoms with Crippen LogP contribution in [0, 0.1) is 0 Å². The van der Waals surface area contributed by atoms with Gasteiger partial charge in [0, 0.05) is 10.6 Å². The van der Waals surface area contributed by atoms with Crippen molar-refractivity contribution in [1.82, 2.24) is 4.72 Å². The number of carbonyl (C=O) groups is 1. The molecule has 0 heterocycles. The van der Waals surface area contributed by atoms with Crippen LogP contribution < -0.4 is 14.8 Å². The van der Waals surface area contributed by atoms with Gasteiger partial charge in [0.05, 0.1) is 44.9 Å². The number of hydrogen-bond acceptors (Lipinski definition) is 4. The molecule has 2 aromatic carbocycles. The zero-order valence-electron chi connectivity index (χ0n) is 23.0. The van der Waals surface area contributed by atoms with Crippen molar-refractivity contribution in [3.05, 3.63) is 54.1 Å². The number of para-hydroxylation sites is 1. The Kier molecular flexibility index (Phi) is 14.6. The van der Waals surface area contributed by atoms with E-state index in [4.69, 9.17) is 4.74 Å². The first-order valence-electron chi connectivity index (χ1n) is 14.0. The number of anilines is 1. The summed E-state index contributed by atoms with van der Waals surface area (Å²) >= 11 is 1.66. The lowest BCUT2D eigenvalue weighted by atomic mass is 10.1.